The highest BCUT2D eigenvalue weighted by atomic mass is 32.1. The van der Waals surface area contributed by atoms with Crippen LogP contribution in [0.15, 0.2) is 45.6 Å². The summed E-state index contributed by atoms with van der Waals surface area (Å²) in [6, 6.07) is 10.4. The van der Waals surface area contributed by atoms with Crippen molar-refractivity contribution in [2.45, 2.75) is 20.0 Å². The van der Waals surface area contributed by atoms with Crippen molar-refractivity contribution >= 4 is 33.4 Å². The van der Waals surface area contributed by atoms with Gasteiger partial charge in [-0.15, -0.1) is 0 Å². The average Bonchev–Trinajstić information content (AvgIpc) is 3.19. The molecule has 130 valence electrons. The molecule has 0 unspecified atom stereocenters. The molecule has 0 saturated heterocycles. The Bertz CT molecular complexity index is 969. The van der Waals surface area contributed by atoms with E-state index in [-0.39, 0.29) is 36.2 Å². The van der Waals surface area contributed by atoms with Crippen molar-refractivity contribution in [3.8, 4) is 0 Å². The van der Waals surface area contributed by atoms with E-state index in [0.29, 0.717) is 5.76 Å². The number of rotatable bonds is 6. The molecular weight excluding hydrogens is 344 g/mol. The molecule has 1 aromatic carbocycles. The molecule has 3 rings (SSSR count). The summed E-state index contributed by atoms with van der Waals surface area (Å²) in [5, 5.41) is 2.67. The van der Waals surface area contributed by atoms with Gasteiger partial charge in [-0.05, 0) is 31.2 Å². The molecule has 0 spiro atoms. The molecule has 0 aliphatic carbocycles. The zero-order chi connectivity index (χ0) is 17.8. The number of nitrogens with zero attached hydrogens (tertiary/aromatic N) is 1. The van der Waals surface area contributed by atoms with E-state index in [1.54, 1.807) is 19.1 Å². The number of benzene rings is 1. The fourth-order valence-electron chi connectivity index (χ4n) is 2.33. The maximum atomic E-state index is 12.1. The van der Waals surface area contributed by atoms with Crippen molar-refractivity contribution in [1.82, 2.24) is 9.88 Å². The number of nitrogens with one attached hydrogen (secondary N) is 1. The first-order valence-corrected chi connectivity index (χ1v) is 8.51. The molecule has 2 heterocycles. The molecule has 25 heavy (non-hydrogen) atoms. The van der Waals surface area contributed by atoms with E-state index in [1.807, 2.05) is 18.2 Å². The van der Waals surface area contributed by atoms with E-state index in [1.165, 1.54) is 10.6 Å². The van der Waals surface area contributed by atoms with Crippen LogP contribution in [0.3, 0.4) is 0 Å². The van der Waals surface area contributed by atoms with Crippen molar-refractivity contribution in [1.29, 1.82) is 0 Å². The first-order chi connectivity index (χ1) is 12.1. The van der Waals surface area contributed by atoms with Crippen LogP contribution >= 0.6 is 11.3 Å². The van der Waals surface area contributed by atoms with Gasteiger partial charge in [-0.2, -0.15) is 0 Å². The minimum atomic E-state index is -0.545. The summed E-state index contributed by atoms with van der Waals surface area (Å²) in [4.78, 5) is 35.5. The highest BCUT2D eigenvalue weighted by Crippen LogP contribution is 2.16. The van der Waals surface area contributed by atoms with E-state index in [0.717, 1.165) is 21.6 Å². The highest BCUT2D eigenvalue weighted by molar-refractivity contribution is 7.16. The fourth-order valence-corrected chi connectivity index (χ4v) is 3.22. The second kappa shape index (κ2) is 7.35. The number of furan rings is 1. The van der Waals surface area contributed by atoms with Gasteiger partial charge in [0.25, 0.3) is 0 Å². The maximum Gasteiger partial charge on any atom is 0.374 e. The summed E-state index contributed by atoms with van der Waals surface area (Å²) in [7, 11) is 0. The lowest BCUT2D eigenvalue weighted by molar-refractivity contribution is -0.121. The molecule has 8 heteroatoms. The van der Waals surface area contributed by atoms with Crippen molar-refractivity contribution in [3.05, 3.63) is 57.6 Å². The van der Waals surface area contributed by atoms with Crippen molar-refractivity contribution in [3.63, 3.8) is 0 Å². The van der Waals surface area contributed by atoms with Crippen LogP contribution in [0, 0.1) is 0 Å². The Hall–Kier alpha value is -2.87. The summed E-state index contributed by atoms with van der Waals surface area (Å²) in [6.07, 6.45) is 0. The van der Waals surface area contributed by atoms with E-state index in [9.17, 15) is 14.4 Å². The smallest absolute Gasteiger partial charge is 0.374 e. The predicted octanol–water partition coefficient (Wildman–Crippen LogP) is 2.15. The van der Waals surface area contributed by atoms with Gasteiger partial charge in [-0.25, -0.2) is 4.79 Å². The fraction of sp³-hybridized carbons (Fsp3) is 0.235. The first-order valence-electron chi connectivity index (χ1n) is 7.69. The molecule has 0 fully saturated rings. The van der Waals surface area contributed by atoms with Gasteiger partial charge >= 0.3 is 10.8 Å². The number of hydrogen-bond acceptors (Lipinski definition) is 6. The van der Waals surface area contributed by atoms with Gasteiger partial charge in [0.15, 0.2) is 0 Å². The minimum absolute atomic E-state index is 0.0751. The molecule has 0 saturated carbocycles. The van der Waals surface area contributed by atoms with Gasteiger partial charge in [0.05, 0.1) is 23.4 Å². The Balaban J connectivity index is 1.62. The lowest BCUT2D eigenvalue weighted by Crippen LogP contribution is -2.30. The van der Waals surface area contributed by atoms with Crippen molar-refractivity contribution in [2.24, 2.45) is 0 Å². The highest BCUT2D eigenvalue weighted by Gasteiger charge is 2.14. The third-order valence-corrected chi connectivity index (χ3v) is 4.43. The molecule has 0 radical (unpaired) electrons. The summed E-state index contributed by atoms with van der Waals surface area (Å²) in [5.41, 5.74) is 0.732. The van der Waals surface area contributed by atoms with Crippen molar-refractivity contribution in [2.75, 3.05) is 6.61 Å². The zero-order valence-corrected chi connectivity index (χ0v) is 14.3. The molecule has 0 atom stereocenters. The number of ether oxygens (including phenoxy) is 1. The number of aromatic nitrogens is 1. The molecule has 1 amide bonds. The first kappa shape index (κ1) is 17.0. The second-order valence-electron chi connectivity index (χ2n) is 5.18. The van der Waals surface area contributed by atoms with Gasteiger partial charge in [-0.3, -0.25) is 14.2 Å². The van der Waals surface area contributed by atoms with Gasteiger partial charge in [0.1, 0.15) is 12.3 Å². The predicted molar refractivity (Wildman–Crippen MR) is 92.6 cm³/mol. The Morgan fingerprint density at radius 3 is 2.84 bits per heavy atom. The number of carbonyl (C=O) groups excluding carboxylic acids is 2. The molecule has 7 nitrogen and oxygen atoms in total. The normalized spacial score (nSPS) is 10.8. The number of hydrogen-bond donors (Lipinski definition) is 1. The maximum absolute atomic E-state index is 12.1. The standard InChI is InChI=1S/C17H16N2O5S/c1-2-23-16(21)13-8-7-11(24-13)9-18-15(20)10-19-12-5-3-4-6-14(12)25-17(19)22/h3-8H,2,9-10H2,1H3,(H,18,20). The third-order valence-electron chi connectivity index (χ3n) is 3.47. The average molecular weight is 360 g/mol. The Morgan fingerprint density at radius 1 is 1.24 bits per heavy atom. The van der Waals surface area contributed by atoms with Gasteiger partial charge < -0.3 is 14.5 Å². The summed E-state index contributed by atoms with van der Waals surface area (Å²) in [6.45, 7) is 2.01. The van der Waals surface area contributed by atoms with Crippen LogP contribution in [-0.4, -0.2) is 23.1 Å². The number of para-hydroxylation sites is 1. The number of carbonyl (C=O) groups is 2. The Kier molecular flexibility index (Phi) is 4.99. The van der Waals surface area contributed by atoms with E-state index < -0.39 is 5.97 Å². The zero-order valence-electron chi connectivity index (χ0n) is 13.5. The lowest BCUT2D eigenvalue weighted by Gasteiger charge is -2.05. The number of thiazole rings is 1. The Labute approximate surface area is 146 Å². The van der Waals surface area contributed by atoms with Gasteiger partial charge in [0.2, 0.25) is 11.7 Å². The molecule has 0 aliphatic rings. The van der Waals surface area contributed by atoms with E-state index in [2.05, 4.69) is 5.32 Å². The molecule has 0 bridgehead atoms. The van der Waals surface area contributed by atoms with Crippen LogP contribution in [0.1, 0.15) is 23.2 Å². The van der Waals surface area contributed by atoms with Gasteiger partial charge in [-0.1, -0.05) is 23.5 Å². The number of amides is 1. The topological polar surface area (TPSA) is 90.5 Å². The van der Waals surface area contributed by atoms with Gasteiger partial charge in [0, 0.05) is 0 Å². The molecular formula is C17H16N2O5S. The minimum Gasteiger partial charge on any atom is -0.460 e. The summed E-state index contributed by atoms with van der Waals surface area (Å²) >= 11 is 1.10. The SMILES string of the molecule is CCOC(=O)c1ccc(CNC(=O)Cn2c(=O)sc3ccccc32)o1. The van der Waals surface area contributed by atoms with Crippen LogP contribution < -0.4 is 10.2 Å². The van der Waals surface area contributed by atoms with E-state index >= 15 is 0 Å². The monoisotopic (exact) mass is 360 g/mol. The lowest BCUT2D eigenvalue weighted by atomic mass is 10.3. The number of esters is 1. The molecule has 0 aliphatic heterocycles. The second-order valence-corrected chi connectivity index (χ2v) is 6.18. The van der Waals surface area contributed by atoms with Crippen LogP contribution in [0.5, 0.6) is 0 Å². The third kappa shape index (κ3) is 3.80. The molecule has 1 N–H and O–H groups in total. The molecule has 3 aromatic rings. The number of fused-ring (bicyclic) bond motifs is 1. The van der Waals surface area contributed by atoms with Crippen molar-refractivity contribution < 1.29 is 18.7 Å². The Morgan fingerprint density at radius 2 is 2.04 bits per heavy atom. The largest absolute Gasteiger partial charge is 0.460 e. The summed E-state index contributed by atoms with van der Waals surface area (Å²) < 4.78 is 12.4. The summed E-state index contributed by atoms with van der Waals surface area (Å²) in [5.74, 6) is -0.346. The van der Waals surface area contributed by atoms with Crippen LogP contribution in [0.4, 0.5) is 0 Å². The van der Waals surface area contributed by atoms with E-state index in [4.69, 9.17) is 9.15 Å². The molecule has 2 aromatic heterocycles. The quantitative estimate of drug-likeness (QED) is 0.680. The van der Waals surface area contributed by atoms with Crippen LogP contribution in [-0.2, 0) is 22.6 Å². The van der Waals surface area contributed by atoms with Crippen LogP contribution in [0.25, 0.3) is 10.2 Å². The van der Waals surface area contributed by atoms with Crippen LogP contribution in [0.2, 0.25) is 0 Å².